The molecule has 2 aromatic rings. The van der Waals surface area contributed by atoms with Crippen LogP contribution in [0.25, 0.3) is 0 Å². The van der Waals surface area contributed by atoms with Crippen molar-refractivity contribution < 1.29 is 19.1 Å². The van der Waals surface area contributed by atoms with Gasteiger partial charge >= 0.3 is 0 Å². The second-order valence-corrected chi connectivity index (χ2v) is 10.6. The molecule has 0 aromatic heterocycles. The van der Waals surface area contributed by atoms with Crippen LogP contribution in [-0.4, -0.2) is 48.8 Å². The number of benzene rings is 2. The highest BCUT2D eigenvalue weighted by Crippen LogP contribution is 2.47. The predicted molar refractivity (Wildman–Crippen MR) is 147 cm³/mol. The fourth-order valence-corrected chi connectivity index (χ4v) is 5.24. The summed E-state index contributed by atoms with van der Waals surface area (Å²) in [5.74, 6) is 3.18. The Bertz CT molecular complexity index is 1420. The summed E-state index contributed by atoms with van der Waals surface area (Å²) in [4.78, 5) is 27.2. The summed E-state index contributed by atoms with van der Waals surface area (Å²) in [6.07, 6.45) is 2.39. The van der Waals surface area contributed by atoms with Crippen molar-refractivity contribution in [2.45, 2.75) is 44.7 Å². The van der Waals surface area contributed by atoms with Gasteiger partial charge in [-0.05, 0) is 78.4 Å². The van der Waals surface area contributed by atoms with Gasteiger partial charge < -0.3 is 30.7 Å². The third kappa shape index (κ3) is 4.06. The molecular weight excluding hydrogens is 556 g/mol. The minimum atomic E-state index is -0.333. The van der Waals surface area contributed by atoms with Gasteiger partial charge in [0.25, 0.3) is 11.8 Å². The first kappa shape index (κ1) is 24.3. The number of fused-ring (bicyclic) bond motifs is 6. The maximum Gasteiger partial charge on any atom is 0.262 e. The molecule has 12 nitrogen and oxygen atoms in total. The van der Waals surface area contributed by atoms with E-state index in [1.165, 1.54) is 18.4 Å². The quantitative estimate of drug-likeness (QED) is 0.372. The zero-order chi connectivity index (χ0) is 26.7. The lowest BCUT2D eigenvalue weighted by atomic mass is 10.0. The average Bonchev–Trinajstić information content (AvgIpc) is 3.74. The van der Waals surface area contributed by atoms with E-state index >= 15 is 0 Å². The molecule has 5 aliphatic rings. The van der Waals surface area contributed by atoms with Crippen LogP contribution in [-0.2, 0) is 9.59 Å². The number of nitrogens with one attached hydrogen (secondary N) is 2. The molecule has 0 bridgehead atoms. The lowest BCUT2D eigenvalue weighted by Gasteiger charge is -2.38. The van der Waals surface area contributed by atoms with Gasteiger partial charge in [0.15, 0.2) is 11.7 Å². The topological polar surface area (TPSA) is 160 Å². The van der Waals surface area contributed by atoms with Crippen molar-refractivity contribution in [1.29, 1.82) is 0 Å². The van der Waals surface area contributed by atoms with E-state index < -0.39 is 0 Å². The molecule has 2 unspecified atom stereocenters. The Morgan fingerprint density at radius 3 is 1.87 bits per heavy atom. The largest absolute Gasteiger partial charge is 0.483 e. The zero-order valence-corrected chi connectivity index (χ0v) is 22.4. The number of hydrogen-bond acceptors (Lipinski definition) is 10. The Hall–Kier alpha value is -4.00. The third-order valence-corrected chi connectivity index (χ3v) is 7.86. The summed E-state index contributed by atoms with van der Waals surface area (Å²) in [7, 11) is 0. The van der Waals surface area contributed by atoms with Crippen LogP contribution < -0.4 is 41.6 Å². The minimum absolute atomic E-state index is 0.119. The SMILES string of the molecule is CC1C(=O)NN=C2COc3cc(Br)c(N)cc3N21.CC1C(=O)NN=C2COc3cc(C4CC4)c(N)cc3N21. The number of hydrogen-bond donors (Lipinski definition) is 4. The number of nitrogens with two attached hydrogens (primary N) is 2. The summed E-state index contributed by atoms with van der Waals surface area (Å²) >= 11 is 3.36. The predicted octanol–water partition coefficient (Wildman–Crippen LogP) is 2.24. The van der Waals surface area contributed by atoms with Crippen molar-refractivity contribution in [2.75, 3.05) is 34.5 Å². The lowest BCUT2D eigenvalue weighted by Crippen LogP contribution is -2.55. The fraction of sp³-hybridized carbons (Fsp3) is 0.360. The third-order valence-electron chi connectivity index (χ3n) is 7.17. The molecule has 13 heteroatoms. The van der Waals surface area contributed by atoms with Crippen molar-refractivity contribution in [1.82, 2.24) is 10.9 Å². The van der Waals surface area contributed by atoms with E-state index in [0.29, 0.717) is 42.2 Å². The molecule has 7 rings (SSSR count). The Balaban J connectivity index is 0.000000140. The normalized spacial score (nSPS) is 22.9. The van der Waals surface area contributed by atoms with E-state index in [0.717, 1.165) is 27.3 Å². The minimum Gasteiger partial charge on any atom is -0.483 e. The first-order valence-electron chi connectivity index (χ1n) is 12.3. The number of amidine groups is 2. The molecule has 1 aliphatic carbocycles. The summed E-state index contributed by atoms with van der Waals surface area (Å²) in [5, 5.41) is 8.06. The zero-order valence-electron chi connectivity index (χ0n) is 20.8. The van der Waals surface area contributed by atoms with Gasteiger partial charge in [0.05, 0.1) is 11.4 Å². The highest BCUT2D eigenvalue weighted by atomic mass is 79.9. The van der Waals surface area contributed by atoms with Crippen LogP contribution in [0.1, 0.15) is 38.2 Å². The lowest BCUT2D eigenvalue weighted by molar-refractivity contribution is -0.123. The molecule has 1 fully saturated rings. The molecule has 0 spiro atoms. The molecule has 2 atom stereocenters. The molecule has 198 valence electrons. The number of nitrogens with zero attached hydrogens (tertiary/aromatic N) is 4. The summed E-state index contributed by atoms with van der Waals surface area (Å²) in [6.45, 7) is 4.36. The molecule has 4 aliphatic heterocycles. The first-order valence-corrected chi connectivity index (χ1v) is 13.1. The van der Waals surface area contributed by atoms with Crippen LogP contribution in [0.15, 0.2) is 38.9 Å². The number of hydrazone groups is 2. The molecule has 0 saturated heterocycles. The molecule has 1 saturated carbocycles. The van der Waals surface area contributed by atoms with Crippen molar-refractivity contribution in [3.05, 3.63) is 34.3 Å². The number of nitrogen functional groups attached to an aromatic ring is 2. The van der Waals surface area contributed by atoms with Gasteiger partial charge in [0.1, 0.15) is 36.8 Å². The average molecular weight is 583 g/mol. The van der Waals surface area contributed by atoms with Gasteiger partial charge in [-0.2, -0.15) is 10.2 Å². The number of carbonyl (C=O) groups is 2. The van der Waals surface area contributed by atoms with Crippen LogP contribution in [0.2, 0.25) is 0 Å². The molecule has 38 heavy (non-hydrogen) atoms. The highest BCUT2D eigenvalue weighted by Gasteiger charge is 2.37. The van der Waals surface area contributed by atoms with Crippen LogP contribution >= 0.6 is 15.9 Å². The maximum absolute atomic E-state index is 11.8. The molecular formula is C25H27BrN8O4. The molecule has 4 heterocycles. The van der Waals surface area contributed by atoms with E-state index in [2.05, 4.69) is 37.0 Å². The number of halogens is 1. The summed E-state index contributed by atoms with van der Waals surface area (Å²) < 4.78 is 12.1. The molecule has 2 aromatic carbocycles. The van der Waals surface area contributed by atoms with E-state index in [4.69, 9.17) is 20.9 Å². The fourth-order valence-electron chi connectivity index (χ4n) is 4.91. The molecule has 6 N–H and O–H groups in total. The van der Waals surface area contributed by atoms with E-state index in [1.54, 1.807) is 12.1 Å². The Labute approximate surface area is 227 Å². The van der Waals surface area contributed by atoms with Gasteiger partial charge in [-0.25, -0.2) is 10.9 Å². The second kappa shape index (κ2) is 9.08. The molecule has 0 radical (unpaired) electrons. The number of amides is 2. The van der Waals surface area contributed by atoms with Crippen LogP contribution in [0.3, 0.4) is 0 Å². The second-order valence-electron chi connectivity index (χ2n) is 9.74. The van der Waals surface area contributed by atoms with Crippen molar-refractivity contribution in [2.24, 2.45) is 10.2 Å². The summed E-state index contributed by atoms with van der Waals surface area (Å²) in [5.41, 5.74) is 21.2. The first-order chi connectivity index (χ1) is 18.2. The smallest absolute Gasteiger partial charge is 0.262 e. The van der Waals surface area contributed by atoms with Crippen molar-refractivity contribution >= 4 is 62.2 Å². The summed E-state index contributed by atoms with van der Waals surface area (Å²) in [6, 6.07) is 6.88. The van der Waals surface area contributed by atoms with Crippen LogP contribution in [0, 0.1) is 0 Å². The van der Waals surface area contributed by atoms with Crippen LogP contribution in [0.4, 0.5) is 22.7 Å². The maximum atomic E-state index is 11.8. The van der Waals surface area contributed by atoms with Gasteiger partial charge in [-0.3, -0.25) is 9.59 Å². The molecule has 2 amide bonds. The van der Waals surface area contributed by atoms with Gasteiger partial charge in [-0.15, -0.1) is 0 Å². The van der Waals surface area contributed by atoms with Crippen molar-refractivity contribution in [3.63, 3.8) is 0 Å². The monoisotopic (exact) mass is 582 g/mol. The van der Waals surface area contributed by atoms with E-state index in [9.17, 15) is 9.59 Å². The Kier molecular flexibility index (Phi) is 5.82. The van der Waals surface area contributed by atoms with Gasteiger partial charge in [0, 0.05) is 15.8 Å². The van der Waals surface area contributed by atoms with Gasteiger partial charge in [0.2, 0.25) is 0 Å². The standard InChI is InChI=1S/C14H16N4O2.C11H11BrN4O2/c1-7-14(19)17-16-13-6-20-12-4-9(8-2-3-8)10(15)5-11(12)18(7)13;1-5-11(17)15-14-10-4-18-9-2-6(12)7(13)3-8(9)16(5)10/h4-5,7-8H,2-3,6,15H2,1H3,(H,17,19);2-3,5H,4,13H2,1H3,(H,15,17). The Morgan fingerprint density at radius 2 is 1.34 bits per heavy atom. The number of rotatable bonds is 1. The van der Waals surface area contributed by atoms with Crippen molar-refractivity contribution in [3.8, 4) is 11.5 Å². The number of carbonyl (C=O) groups excluding carboxylic acids is 2. The highest BCUT2D eigenvalue weighted by molar-refractivity contribution is 9.10. The number of anilines is 4. The number of ether oxygens (including phenoxy) is 2. The van der Waals surface area contributed by atoms with Gasteiger partial charge in [-0.1, -0.05) is 0 Å². The van der Waals surface area contributed by atoms with E-state index in [-0.39, 0.29) is 23.9 Å². The Morgan fingerprint density at radius 1 is 0.842 bits per heavy atom. The van der Waals surface area contributed by atoms with Crippen LogP contribution in [0.5, 0.6) is 11.5 Å². The van der Waals surface area contributed by atoms with E-state index in [1.807, 2.05) is 35.8 Å².